The number of allylic oxidation sites excluding steroid dienone is 4. The molecule has 0 spiro atoms. The lowest BCUT2D eigenvalue weighted by molar-refractivity contribution is -0.145. The van der Waals surface area contributed by atoms with Crippen molar-refractivity contribution in [1.29, 1.82) is 0 Å². The number of hydrogen-bond acceptors (Lipinski definition) is 13. The summed E-state index contributed by atoms with van der Waals surface area (Å²) >= 11 is 8.40. The van der Waals surface area contributed by atoms with Gasteiger partial charge in [-0.15, -0.1) is 0 Å². The Balaban J connectivity index is 0.926. The predicted octanol–water partition coefficient (Wildman–Crippen LogP) is 8.19. The number of hydrogen-bond donors (Lipinski definition) is 1. The van der Waals surface area contributed by atoms with Crippen LogP contribution >= 0.6 is 23.1 Å². The van der Waals surface area contributed by atoms with E-state index in [9.17, 15) is 9.90 Å². The molecule has 5 aromatic rings. The Labute approximate surface area is 377 Å². The monoisotopic (exact) mass is 891 g/mol. The lowest BCUT2D eigenvalue weighted by atomic mass is 9.77. The van der Waals surface area contributed by atoms with Gasteiger partial charge in [0.25, 0.3) is 0 Å². The number of aliphatic carboxylic acids is 1. The number of carboxylic acids is 1. The van der Waals surface area contributed by atoms with E-state index in [1.807, 2.05) is 55.6 Å². The van der Waals surface area contributed by atoms with Gasteiger partial charge in [0.05, 0.1) is 39.7 Å². The van der Waals surface area contributed by atoms with Gasteiger partial charge in [-0.1, -0.05) is 36.2 Å². The molecule has 13 nitrogen and oxygen atoms in total. The van der Waals surface area contributed by atoms with Gasteiger partial charge in [0.15, 0.2) is 5.82 Å². The third-order valence-electron chi connectivity index (χ3n) is 12.7. The lowest BCUT2D eigenvalue weighted by Gasteiger charge is -2.32. The molecule has 1 N–H and O–H groups in total. The van der Waals surface area contributed by atoms with E-state index in [1.165, 1.54) is 11.5 Å². The van der Waals surface area contributed by atoms with Crippen molar-refractivity contribution in [1.82, 2.24) is 29.1 Å². The average Bonchev–Trinajstić information content (AvgIpc) is 3.70. The Morgan fingerprint density at radius 2 is 1.78 bits per heavy atom. The predicted molar refractivity (Wildman–Crippen MR) is 246 cm³/mol. The van der Waals surface area contributed by atoms with E-state index in [0.29, 0.717) is 59.1 Å². The van der Waals surface area contributed by atoms with Gasteiger partial charge in [0, 0.05) is 93.8 Å². The molecule has 0 unspecified atom stereocenters. The molecule has 0 amide bonds. The number of benzene rings is 2. The summed E-state index contributed by atoms with van der Waals surface area (Å²) in [4.78, 5) is 34.4. The SMILES string of the molecule is CC1=C(c2c(C3CCC3)ncc3snc(O[C@H](Cc4ccccc4OCc4ccnc(-c5ccc(N6CCOCC6)cc5)n4)C(=O)O)c23)CCC(OCCN2CCN(C)CC2)=C1Cl. The molecule has 15 heteroatoms. The molecular weight excluding hydrogens is 838 g/mol. The molecule has 0 radical (unpaired) electrons. The summed E-state index contributed by atoms with van der Waals surface area (Å²) in [6, 6.07) is 17.5. The van der Waals surface area contributed by atoms with Crippen LogP contribution in [-0.2, 0) is 27.3 Å². The van der Waals surface area contributed by atoms with Crippen molar-refractivity contribution in [3.05, 3.63) is 106 Å². The van der Waals surface area contributed by atoms with Gasteiger partial charge in [-0.3, -0.25) is 9.88 Å². The van der Waals surface area contributed by atoms with E-state index >= 15 is 0 Å². The highest BCUT2D eigenvalue weighted by Gasteiger charge is 2.33. The first-order valence-electron chi connectivity index (χ1n) is 22.1. The van der Waals surface area contributed by atoms with E-state index in [4.69, 9.17) is 44.9 Å². The molecule has 2 aliphatic carbocycles. The Morgan fingerprint density at radius 1 is 0.984 bits per heavy atom. The van der Waals surface area contributed by atoms with Crippen molar-refractivity contribution in [2.24, 2.45) is 0 Å². The number of rotatable bonds is 16. The van der Waals surface area contributed by atoms with Crippen LogP contribution in [0.2, 0.25) is 0 Å². The van der Waals surface area contributed by atoms with Crippen LogP contribution in [0, 0.1) is 0 Å². The number of ether oxygens (including phenoxy) is 4. The number of piperazine rings is 1. The summed E-state index contributed by atoms with van der Waals surface area (Å²) in [5.41, 5.74) is 7.44. The lowest BCUT2D eigenvalue weighted by Crippen LogP contribution is -2.45. The van der Waals surface area contributed by atoms with Crippen LogP contribution < -0.4 is 14.4 Å². The number of anilines is 1. The van der Waals surface area contributed by atoms with Gasteiger partial charge in [-0.2, -0.15) is 4.37 Å². The summed E-state index contributed by atoms with van der Waals surface area (Å²) in [5.74, 6) is 1.46. The number of carbonyl (C=O) groups is 1. The van der Waals surface area contributed by atoms with Crippen molar-refractivity contribution in [3.8, 4) is 23.0 Å². The smallest absolute Gasteiger partial charge is 0.345 e. The van der Waals surface area contributed by atoms with Crippen molar-refractivity contribution >= 4 is 50.4 Å². The third-order valence-corrected chi connectivity index (χ3v) is 14.0. The summed E-state index contributed by atoms with van der Waals surface area (Å²) in [5, 5.41) is 12.1. The van der Waals surface area contributed by atoms with Crippen LogP contribution in [0.1, 0.15) is 67.5 Å². The highest BCUT2D eigenvalue weighted by atomic mass is 35.5. The molecule has 9 rings (SSSR count). The van der Waals surface area contributed by atoms with Gasteiger partial charge in [-0.05, 0) is 97.9 Å². The number of pyridine rings is 1. The fourth-order valence-corrected chi connectivity index (χ4v) is 9.69. The number of aromatic nitrogens is 4. The highest BCUT2D eigenvalue weighted by molar-refractivity contribution is 7.13. The fourth-order valence-electron chi connectivity index (χ4n) is 8.74. The van der Waals surface area contributed by atoms with E-state index < -0.39 is 12.1 Å². The third kappa shape index (κ3) is 9.85. The van der Waals surface area contributed by atoms with Crippen LogP contribution in [0.5, 0.6) is 11.6 Å². The first-order valence-corrected chi connectivity index (χ1v) is 23.2. The number of fused-ring (bicyclic) bond motifs is 1. The molecule has 330 valence electrons. The molecule has 2 aromatic carbocycles. The quantitative estimate of drug-likeness (QED) is 0.102. The van der Waals surface area contributed by atoms with E-state index in [1.54, 1.807) is 6.20 Å². The van der Waals surface area contributed by atoms with Gasteiger partial charge in [-0.25, -0.2) is 14.8 Å². The molecule has 2 aliphatic heterocycles. The van der Waals surface area contributed by atoms with Gasteiger partial charge in [0.2, 0.25) is 12.0 Å². The number of halogens is 1. The summed E-state index contributed by atoms with van der Waals surface area (Å²) < 4.78 is 30.2. The molecule has 2 saturated heterocycles. The molecule has 5 heterocycles. The molecule has 1 atom stereocenters. The minimum absolute atomic E-state index is 0.0516. The fraction of sp³-hybridized carbons (Fsp3) is 0.438. The number of nitrogens with zero attached hydrogens (tertiary/aromatic N) is 7. The largest absolute Gasteiger partial charge is 0.495 e. The molecule has 63 heavy (non-hydrogen) atoms. The minimum atomic E-state index is -1.25. The second-order valence-electron chi connectivity index (χ2n) is 16.8. The zero-order valence-electron chi connectivity index (χ0n) is 35.9. The van der Waals surface area contributed by atoms with Crippen LogP contribution in [-0.4, -0.2) is 119 Å². The minimum Gasteiger partial charge on any atom is -0.495 e. The maximum atomic E-state index is 13.0. The standard InChI is InChI=1S/C48H54ClN7O6S/c1-31-37(14-15-39(44(31)49)60-27-22-55-20-18-54(2)19-21-55)42-43-41(29-51-45(42)32-7-5-8-32)63-53-47(43)62-40(48(57)58)28-34-6-3-4-9-38(34)61-30-35-16-17-50-46(52-35)33-10-12-36(13-11-33)56-23-25-59-26-24-56/h3-4,6,9-13,16-17,29,32,40H,5,7-8,14-15,18-28,30H2,1-2H3,(H,57,58)/t40-/m1/s1. The Kier molecular flexibility index (Phi) is 13.5. The zero-order valence-corrected chi connectivity index (χ0v) is 37.5. The highest BCUT2D eigenvalue weighted by Crippen LogP contribution is 2.48. The van der Waals surface area contributed by atoms with Crippen LogP contribution in [0.25, 0.3) is 27.0 Å². The Hall–Kier alpha value is -5.12. The van der Waals surface area contributed by atoms with Crippen LogP contribution in [0.3, 0.4) is 0 Å². The van der Waals surface area contributed by atoms with E-state index in [-0.39, 0.29) is 13.0 Å². The molecular formula is C48H54ClN7O6S. The molecule has 4 aliphatic rings. The maximum Gasteiger partial charge on any atom is 0.345 e. The Bertz CT molecular complexity index is 2480. The van der Waals surface area contributed by atoms with Crippen molar-refractivity contribution in [2.45, 2.75) is 64.1 Å². The van der Waals surface area contributed by atoms with Crippen molar-refractivity contribution in [2.75, 3.05) is 77.6 Å². The molecule has 1 saturated carbocycles. The Morgan fingerprint density at radius 3 is 2.54 bits per heavy atom. The molecule has 3 fully saturated rings. The number of carboxylic acid groups (broad SMARTS) is 1. The summed E-state index contributed by atoms with van der Waals surface area (Å²) in [6.45, 7) is 11.1. The second kappa shape index (κ2) is 19.7. The number of para-hydroxylation sites is 1. The van der Waals surface area contributed by atoms with E-state index in [2.05, 4.69) is 38.9 Å². The first kappa shape index (κ1) is 43.1. The van der Waals surface area contributed by atoms with Crippen molar-refractivity contribution in [3.63, 3.8) is 0 Å². The van der Waals surface area contributed by atoms with Gasteiger partial charge in [0.1, 0.15) is 24.7 Å². The molecule has 0 bridgehead atoms. The first-order chi connectivity index (χ1) is 30.8. The number of morpholine rings is 1. The maximum absolute atomic E-state index is 13.0. The van der Waals surface area contributed by atoms with Gasteiger partial charge < -0.3 is 33.9 Å². The van der Waals surface area contributed by atoms with Gasteiger partial charge >= 0.3 is 5.97 Å². The second-order valence-corrected chi connectivity index (χ2v) is 18.0. The van der Waals surface area contributed by atoms with Crippen LogP contribution in [0.4, 0.5) is 5.69 Å². The van der Waals surface area contributed by atoms with E-state index in [0.717, 1.165) is 128 Å². The zero-order chi connectivity index (χ0) is 43.3. The van der Waals surface area contributed by atoms with Crippen molar-refractivity contribution < 1.29 is 28.8 Å². The summed E-state index contributed by atoms with van der Waals surface area (Å²) in [7, 11) is 2.16. The topological polar surface area (TPSA) is 136 Å². The van der Waals surface area contributed by atoms with Crippen LogP contribution in [0.15, 0.2) is 83.4 Å². The number of likely N-dealkylation sites (N-methyl/N-ethyl adjacent to an activating group) is 1. The summed E-state index contributed by atoms with van der Waals surface area (Å²) in [6.07, 6.45) is 7.00. The molecule has 3 aromatic heterocycles. The average molecular weight is 893 g/mol. The normalized spacial score (nSPS) is 18.4.